The second-order valence-electron chi connectivity index (χ2n) is 3.32. The smallest absolute Gasteiger partial charge is 0.245 e. The number of hydrogen-bond acceptors (Lipinski definition) is 5. The van der Waals surface area contributed by atoms with Crippen LogP contribution in [-0.4, -0.2) is 39.3 Å². The van der Waals surface area contributed by atoms with Gasteiger partial charge in [0.05, 0.1) is 0 Å². The highest BCUT2D eigenvalue weighted by molar-refractivity contribution is 8.00. The van der Waals surface area contributed by atoms with Crippen molar-refractivity contribution < 1.29 is 0 Å². The van der Waals surface area contributed by atoms with Crippen molar-refractivity contribution in [2.75, 3.05) is 23.7 Å². The van der Waals surface area contributed by atoms with Gasteiger partial charge in [-0.25, -0.2) is 0 Å². The molecule has 0 amide bonds. The molecule has 1 aliphatic rings. The fourth-order valence-corrected chi connectivity index (χ4v) is 2.83. The maximum Gasteiger partial charge on any atom is 0.245 e. The maximum atomic E-state index is 5.93. The third kappa shape index (κ3) is 2.65. The number of thioether (sulfide) groups is 1. The average molecular weight is 265 g/mol. The van der Waals surface area contributed by atoms with Gasteiger partial charge < -0.3 is 4.90 Å². The quantitative estimate of drug-likeness (QED) is 0.778. The molecule has 2 rings (SSSR count). The van der Waals surface area contributed by atoms with Gasteiger partial charge in [-0.15, -0.1) is 10.2 Å². The van der Waals surface area contributed by atoms with Gasteiger partial charge in [-0.05, 0) is 11.6 Å². The monoisotopic (exact) mass is 264 g/mol. The van der Waals surface area contributed by atoms with Crippen LogP contribution in [0.5, 0.6) is 0 Å². The van der Waals surface area contributed by atoms with Crippen LogP contribution in [0.15, 0.2) is 0 Å². The molecular weight excluding hydrogens is 255 g/mol. The minimum Gasteiger partial charge on any atom is -0.352 e. The molecule has 15 heavy (non-hydrogen) atoms. The first kappa shape index (κ1) is 11.2. The van der Waals surface area contributed by atoms with Gasteiger partial charge in [0, 0.05) is 24.1 Å². The average Bonchev–Trinajstić information content (AvgIpc) is 2.22. The largest absolute Gasteiger partial charge is 0.352 e. The van der Waals surface area contributed by atoms with E-state index in [1.54, 1.807) is 0 Å². The minimum absolute atomic E-state index is 0.139. The summed E-state index contributed by atoms with van der Waals surface area (Å²) < 4.78 is 0. The molecule has 0 N–H and O–H groups in total. The Bertz CT molecular complexity index is 362. The predicted octanol–water partition coefficient (Wildman–Crippen LogP) is 2.12. The zero-order chi connectivity index (χ0) is 10.8. The molecular formula is C8H10Cl2N4S. The van der Waals surface area contributed by atoms with Crippen molar-refractivity contribution >= 4 is 40.8 Å². The second-order valence-corrected chi connectivity index (χ2v) is 5.57. The Morgan fingerprint density at radius 3 is 2.93 bits per heavy atom. The van der Waals surface area contributed by atoms with Gasteiger partial charge in [-0.3, -0.25) is 0 Å². The molecule has 1 saturated heterocycles. The summed E-state index contributed by atoms with van der Waals surface area (Å²) in [5.41, 5.74) is 0. The molecule has 1 fully saturated rings. The van der Waals surface area contributed by atoms with Crippen LogP contribution in [0, 0.1) is 0 Å². The van der Waals surface area contributed by atoms with Crippen molar-refractivity contribution in [1.29, 1.82) is 0 Å². The summed E-state index contributed by atoms with van der Waals surface area (Å²) in [6.07, 6.45) is 0. The van der Waals surface area contributed by atoms with Crippen LogP contribution in [0.3, 0.4) is 0 Å². The van der Waals surface area contributed by atoms with Crippen LogP contribution in [0.25, 0.3) is 0 Å². The summed E-state index contributed by atoms with van der Waals surface area (Å²) in [5, 5.41) is 8.38. The van der Waals surface area contributed by atoms with E-state index < -0.39 is 0 Å². The first-order chi connectivity index (χ1) is 7.16. The Kier molecular flexibility index (Phi) is 3.53. The lowest BCUT2D eigenvalue weighted by atomic mass is 10.4. The van der Waals surface area contributed by atoms with Gasteiger partial charge in [0.1, 0.15) is 0 Å². The molecule has 1 atom stereocenters. The number of aromatic nitrogens is 3. The lowest BCUT2D eigenvalue weighted by molar-refractivity contribution is 0.760. The van der Waals surface area contributed by atoms with Crippen LogP contribution in [0.1, 0.15) is 6.92 Å². The van der Waals surface area contributed by atoms with Crippen molar-refractivity contribution in [2.24, 2.45) is 0 Å². The lowest BCUT2D eigenvalue weighted by Gasteiger charge is -2.31. The molecule has 0 radical (unpaired) electrons. The molecule has 0 aliphatic carbocycles. The lowest BCUT2D eigenvalue weighted by Crippen LogP contribution is -2.37. The summed E-state index contributed by atoms with van der Waals surface area (Å²) in [7, 11) is 0. The van der Waals surface area contributed by atoms with E-state index >= 15 is 0 Å². The maximum absolute atomic E-state index is 5.93. The Morgan fingerprint density at radius 1 is 1.40 bits per heavy atom. The molecule has 1 unspecified atom stereocenters. The molecule has 0 saturated carbocycles. The fourth-order valence-electron chi connectivity index (χ4n) is 1.50. The van der Waals surface area contributed by atoms with E-state index in [0.29, 0.717) is 16.2 Å². The molecule has 82 valence electrons. The Labute approximate surface area is 102 Å². The summed E-state index contributed by atoms with van der Waals surface area (Å²) in [4.78, 5) is 6.21. The van der Waals surface area contributed by atoms with E-state index in [1.165, 1.54) is 0 Å². The highest BCUT2D eigenvalue weighted by Gasteiger charge is 2.21. The van der Waals surface area contributed by atoms with Crippen molar-refractivity contribution in [3.63, 3.8) is 0 Å². The van der Waals surface area contributed by atoms with E-state index in [9.17, 15) is 0 Å². The first-order valence-electron chi connectivity index (χ1n) is 4.59. The molecule has 1 aromatic heterocycles. The molecule has 0 bridgehead atoms. The van der Waals surface area contributed by atoms with E-state index in [1.807, 2.05) is 11.8 Å². The van der Waals surface area contributed by atoms with Crippen LogP contribution < -0.4 is 4.90 Å². The SMILES string of the molecule is CC1CN(c2nc(Cl)nnc2Cl)CCS1. The number of hydrogen-bond donors (Lipinski definition) is 0. The third-order valence-corrected chi connectivity index (χ3v) is 3.68. The van der Waals surface area contributed by atoms with Gasteiger partial charge in [0.25, 0.3) is 0 Å². The van der Waals surface area contributed by atoms with E-state index in [-0.39, 0.29) is 5.28 Å². The third-order valence-electron chi connectivity index (χ3n) is 2.14. The fraction of sp³-hybridized carbons (Fsp3) is 0.625. The topological polar surface area (TPSA) is 41.9 Å². The zero-order valence-corrected chi connectivity index (χ0v) is 10.5. The summed E-state index contributed by atoms with van der Waals surface area (Å²) in [5.74, 6) is 1.71. The second kappa shape index (κ2) is 4.72. The van der Waals surface area contributed by atoms with Crippen LogP contribution in [-0.2, 0) is 0 Å². The number of anilines is 1. The van der Waals surface area contributed by atoms with E-state index in [2.05, 4.69) is 27.0 Å². The molecule has 0 aromatic carbocycles. The van der Waals surface area contributed by atoms with Gasteiger partial charge in [0.2, 0.25) is 5.28 Å². The van der Waals surface area contributed by atoms with Crippen LogP contribution >= 0.6 is 35.0 Å². The van der Waals surface area contributed by atoms with Gasteiger partial charge >= 0.3 is 0 Å². The number of halogens is 2. The van der Waals surface area contributed by atoms with Crippen LogP contribution in [0.2, 0.25) is 10.4 Å². The molecule has 4 nitrogen and oxygen atoms in total. The minimum atomic E-state index is 0.139. The first-order valence-corrected chi connectivity index (χ1v) is 6.39. The Balaban J connectivity index is 2.24. The molecule has 2 heterocycles. The Morgan fingerprint density at radius 2 is 2.20 bits per heavy atom. The predicted molar refractivity (Wildman–Crippen MR) is 64.0 cm³/mol. The molecule has 1 aliphatic heterocycles. The summed E-state index contributed by atoms with van der Waals surface area (Å²) in [6, 6.07) is 0. The van der Waals surface area contributed by atoms with E-state index in [0.717, 1.165) is 18.8 Å². The van der Waals surface area contributed by atoms with Crippen molar-refractivity contribution in [2.45, 2.75) is 12.2 Å². The summed E-state index contributed by atoms with van der Waals surface area (Å²) >= 11 is 13.6. The molecule has 7 heteroatoms. The molecule has 1 aromatic rings. The molecule has 0 spiro atoms. The van der Waals surface area contributed by atoms with Gasteiger partial charge in [-0.2, -0.15) is 16.7 Å². The van der Waals surface area contributed by atoms with Crippen LogP contribution in [0.4, 0.5) is 5.82 Å². The highest BCUT2D eigenvalue weighted by atomic mass is 35.5. The van der Waals surface area contributed by atoms with Crippen molar-refractivity contribution in [3.8, 4) is 0 Å². The van der Waals surface area contributed by atoms with Gasteiger partial charge in [-0.1, -0.05) is 18.5 Å². The Hall–Kier alpha value is -0.260. The van der Waals surface area contributed by atoms with E-state index in [4.69, 9.17) is 23.2 Å². The number of nitrogens with zero attached hydrogens (tertiary/aromatic N) is 4. The normalized spacial score (nSPS) is 21.8. The standard InChI is InChI=1S/C8H10Cl2N4S/c1-5-4-14(2-3-15-5)7-6(9)12-13-8(10)11-7/h5H,2-4H2,1H3. The number of rotatable bonds is 1. The highest BCUT2D eigenvalue weighted by Crippen LogP contribution is 2.26. The van der Waals surface area contributed by atoms with Gasteiger partial charge in [0.15, 0.2) is 11.0 Å². The van der Waals surface area contributed by atoms with Crippen molar-refractivity contribution in [1.82, 2.24) is 15.2 Å². The van der Waals surface area contributed by atoms with Crippen molar-refractivity contribution in [3.05, 3.63) is 10.4 Å². The zero-order valence-electron chi connectivity index (χ0n) is 8.15. The summed E-state index contributed by atoms with van der Waals surface area (Å²) in [6.45, 7) is 4.02.